The molecule has 1 saturated heterocycles. The highest BCUT2D eigenvalue weighted by Gasteiger charge is 2.28. The normalized spacial score (nSPS) is 14.1. The summed E-state index contributed by atoms with van der Waals surface area (Å²) in [6, 6.07) is 10.3. The number of anilines is 1. The molecule has 0 N–H and O–H groups in total. The molecule has 9 nitrogen and oxygen atoms in total. The van der Waals surface area contributed by atoms with E-state index in [1.54, 1.807) is 34.1 Å². The van der Waals surface area contributed by atoms with E-state index in [2.05, 4.69) is 0 Å². The van der Waals surface area contributed by atoms with Gasteiger partial charge in [-0.2, -0.15) is 0 Å². The van der Waals surface area contributed by atoms with Gasteiger partial charge in [-0.3, -0.25) is 25.0 Å². The number of non-ortho nitro benzene ring substituents is 1. The van der Waals surface area contributed by atoms with Crippen molar-refractivity contribution >= 4 is 34.6 Å². The summed E-state index contributed by atoms with van der Waals surface area (Å²) in [6.45, 7) is 1.46. The smallest absolute Gasteiger partial charge is 0.299 e. The van der Waals surface area contributed by atoms with Crippen LogP contribution in [0.2, 0.25) is 5.02 Å². The molecule has 0 unspecified atom stereocenters. The van der Waals surface area contributed by atoms with E-state index in [1.807, 2.05) is 0 Å². The van der Waals surface area contributed by atoms with Crippen LogP contribution < -0.4 is 4.90 Å². The van der Waals surface area contributed by atoms with Gasteiger partial charge in [0.05, 0.1) is 26.5 Å². The minimum atomic E-state index is -0.670. The second-order valence-corrected chi connectivity index (χ2v) is 6.35. The summed E-state index contributed by atoms with van der Waals surface area (Å²) in [5.41, 5.74) is 0.0532. The third-order valence-electron chi connectivity index (χ3n) is 4.38. The Kier molecular flexibility index (Phi) is 5.22. The lowest BCUT2D eigenvalue weighted by Crippen LogP contribution is -2.49. The molecule has 140 valence electrons. The fourth-order valence-electron chi connectivity index (χ4n) is 2.99. The van der Waals surface area contributed by atoms with Gasteiger partial charge in [-0.15, -0.1) is 0 Å². The molecule has 1 aliphatic rings. The molecule has 1 amide bonds. The zero-order chi connectivity index (χ0) is 19.6. The van der Waals surface area contributed by atoms with E-state index in [0.717, 1.165) is 6.07 Å². The van der Waals surface area contributed by atoms with Crippen molar-refractivity contribution in [3.05, 3.63) is 73.3 Å². The van der Waals surface area contributed by atoms with Crippen molar-refractivity contribution in [2.24, 2.45) is 0 Å². The highest BCUT2D eigenvalue weighted by atomic mass is 35.5. The first-order valence-corrected chi connectivity index (χ1v) is 8.48. The first kappa shape index (κ1) is 18.6. The van der Waals surface area contributed by atoms with Gasteiger partial charge in [0.15, 0.2) is 0 Å². The van der Waals surface area contributed by atoms with Crippen LogP contribution in [0.3, 0.4) is 0 Å². The molecule has 0 spiro atoms. The third kappa shape index (κ3) is 3.82. The second kappa shape index (κ2) is 7.58. The van der Waals surface area contributed by atoms with Crippen LogP contribution in [0.4, 0.5) is 17.1 Å². The fraction of sp³-hybridized carbons (Fsp3) is 0.235. The van der Waals surface area contributed by atoms with Crippen LogP contribution in [0.25, 0.3) is 0 Å². The predicted octanol–water partition coefficient (Wildman–Crippen LogP) is 3.12. The van der Waals surface area contributed by atoms with Gasteiger partial charge in [0.2, 0.25) is 0 Å². The number of hydrogen-bond acceptors (Lipinski definition) is 6. The molecule has 2 aromatic rings. The van der Waals surface area contributed by atoms with E-state index in [9.17, 15) is 25.0 Å². The van der Waals surface area contributed by atoms with Crippen molar-refractivity contribution in [3.8, 4) is 0 Å². The van der Waals surface area contributed by atoms with Gasteiger partial charge < -0.3 is 9.80 Å². The van der Waals surface area contributed by atoms with E-state index in [4.69, 9.17) is 11.6 Å². The SMILES string of the molecule is O=C(c1ccccc1Cl)N1CCN(c2ccc([N+](=O)[O-])cc2[N+](=O)[O-])CC1. The molecule has 3 rings (SSSR count). The highest BCUT2D eigenvalue weighted by Crippen LogP contribution is 2.32. The Hall–Kier alpha value is -3.20. The van der Waals surface area contributed by atoms with E-state index in [0.29, 0.717) is 42.5 Å². The Bertz CT molecular complexity index is 912. The maximum Gasteiger partial charge on any atom is 0.299 e. The minimum absolute atomic E-state index is 0.196. The standard InChI is InChI=1S/C17H15ClN4O5/c18-14-4-2-1-3-13(14)17(23)20-9-7-19(8-10-20)15-6-5-12(21(24)25)11-16(15)22(26)27/h1-6,11H,7-10H2. The van der Waals surface area contributed by atoms with Crippen molar-refractivity contribution in [1.29, 1.82) is 0 Å². The van der Waals surface area contributed by atoms with Crippen LogP contribution in [0.15, 0.2) is 42.5 Å². The van der Waals surface area contributed by atoms with Crippen LogP contribution in [0.5, 0.6) is 0 Å². The lowest BCUT2D eigenvalue weighted by molar-refractivity contribution is -0.393. The Labute approximate surface area is 159 Å². The van der Waals surface area contributed by atoms with Crippen molar-refractivity contribution in [2.45, 2.75) is 0 Å². The average Bonchev–Trinajstić information content (AvgIpc) is 2.67. The number of amides is 1. The number of nitrogens with zero attached hydrogens (tertiary/aromatic N) is 4. The van der Waals surface area contributed by atoms with E-state index in [1.165, 1.54) is 12.1 Å². The minimum Gasteiger partial charge on any atom is -0.362 e. The number of nitro groups is 2. The predicted molar refractivity (Wildman–Crippen MR) is 99.3 cm³/mol. The maximum absolute atomic E-state index is 12.6. The number of halogens is 1. The first-order chi connectivity index (χ1) is 12.9. The molecular weight excluding hydrogens is 376 g/mol. The molecule has 0 atom stereocenters. The number of benzene rings is 2. The average molecular weight is 391 g/mol. The fourth-order valence-corrected chi connectivity index (χ4v) is 3.21. The largest absolute Gasteiger partial charge is 0.362 e. The number of carbonyl (C=O) groups is 1. The van der Waals surface area contributed by atoms with Gasteiger partial charge in [-0.05, 0) is 18.2 Å². The van der Waals surface area contributed by atoms with Gasteiger partial charge in [-0.1, -0.05) is 23.7 Å². The highest BCUT2D eigenvalue weighted by molar-refractivity contribution is 6.33. The molecule has 1 aliphatic heterocycles. The number of nitro benzene ring substituents is 2. The molecular formula is C17H15ClN4O5. The Morgan fingerprint density at radius 3 is 2.22 bits per heavy atom. The number of carbonyl (C=O) groups excluding carboxylic acids is 1. The summed E-state index contributed by atoms with van der Waals surface area (Å²) in [6.07, 6.45) is 0. The molecule has 0 aromatic heterocycles. The summed E-state index contributed by atoms with van der Waals surface area (Å²) in [4.78, 5) is 36.8. The Morgan fingerprint density at radius 1 is 0.963 bits per heavy atom. The molecule has 0 bridgehead atoms. The third-order valence-corrected chi connectivity index (χ3v) is 4.71. The summed E-state index contributed by atoms with van der Waals surface area (Å²) in [5.74, 6) is -0.196. The van der Waals surface area contributed by atoms with Crippen molar-refractivity contribution in [3.63, 3.8) is 0 Å². The van der Waals surface area contributed by atoms with Gasteiger partial charge in [0.1, 0.15) is 5.69 Å². The summed E-state index contributed by atoms with van der Waals surface area (Å²) >= 11 is 6.07. The van der Waals surface area contributed by atoms with Crippen molar-refractivity contribution in [2.75, 3.05) is 31.1 Å². The first-order valence-electron chi connectivity index (χ1n) is 8.10. The molecule has 27 heavy (non-hydrogen) atoms. The number of rotatable bonds is 4. The zero-order valence-electron chi connectivity index (χ0n) is 14.1. The monoisotopic (exact) mass is 390 g/mol. The summed E-state index contributed by atoms with van der Waals surface area (Å²) in [7, 11) is 0. The van der Waals surface area contributed by atoms with Gasteiger partial charge in [0, 0.05) is 32.2 Å². The van der Waals surface area contributed by atoms with E-state index < -0.39 is 9.85 Å². The molecule has 2 aromatic carbocycles. The van der Waals surface area contributed by atoms with Crippen LogP contribution in [-0.2, 0) is 0 Å². The van der Waals surface area contributed by atoms with Crippen molar-refractivity contribution < 1.29 is 14.6 Å². The Balaban J connectivity index is 1.76. The van der Waals surface area contributed by atoms with Crippen LogP contribution in [-0.4, -0.2) is 46.8 Å². The molecule has 0 saturated carbocycles. The molecule has 10 heteroatoms. The lowest BCUT2D eigenvalue weighted by Gasteiger charge is -2.35. The quantitative estimate of drug-likeness (QED) is 0.586. The van der Waals surface area contributed by atoms with Gasteiger partial charge in [-0.25, -0.2) is 0 Å². The van der Waals surface area contributed by atoms with Crippen LogP contribution in [0, 0.1) is 20.2 Å². The summed E-state index contributed by atoms with van der Waals surface area (Å²) < 4.78 is 0. The number of piperazine rings is 1. The maximum atomic E-state index is 12.6. The topological polar surface area (TPSA) is 110 Å². The second-order valence-electron chi connectivity index (χ2n) is 5.95. The van der Waals surface area contributed by atoms with Gasteiger partial charge >= 0.3 is 0 Å². The molecule has 0 aliphatic carbocycles. The zero-order valence-corrected chi connectivity index (χ0v) is 14.8. The molecule has 1 fully saturated rings. The van der Waals surface area contributed by atoms with Crippen LogP contribution in [0.1, 0.15) is 10.4 Å². The van der Waals surface area contributed by atoms with Crippen molar-refractivity contribution in [1.82, 2.24) is 4.90 Å². The Morgan fingerprint density at radius 2 is 1.63 bits per heavy atom. The number of hydrogen-bond donors (Lipinski definition) is 0. The van der Waals surface area contributed by atoms with E-state index >= 15 is 0 Å². The lowest BCUT2D eigenvalue weighted by atomic mass is 10.1. The van der Waals surface area contributed by atoms with Crippen LogP contribution >= 0.6 is 11.6 Å². The van der Waals surface area contributed by atoms with Gasteiger partial charge in [0.25, 0.3) is 17.3 Å². The molecule has 1 heterocycles. The molecule has 0 radical (unpaired) electrons. The van der Waals surface area contributed by atoms with E-state index in [-0.39, 0.29) is 17.3 Å². The summed E-state index contributed by atoms with van der Waals surface area (Å²) in [5, 5.41) is 22.5.